The Morgan fingerprint density at radius 1 is 1.47 bits per heavy atom. The van der Waals surface area contributed by atoms with Gasteiger partial charge in [-0.05, 0) is 12.5 Å². The van der Waals surface area contributed by atoms with E-state index in [1.165, 1.54) is 11.1 Å². The predicted molar refractivity (Wildman–Crippen MR) is 57.9 cm³/mol. The van der Waals surface area contributed by atoms with E-state index in [-0.39, 0.29) is 0 Å². The van der Waals surface area contributed by atoms with Crippen molar-refractivity contribution in [3.05, 3.63) is 53.6 Å². The molecule has 1 aromatic carbocycles. The third kappa shape index (κ3) is 2.13. The fourth-order valence-corrected chi connectivity index (χ4v) is 1.57. The van der Waals surface area contributed by atoms with Crippen LogP contribution in [0.3, 0.4) is 0 Å². The molecule has 0 atom stereocenters. The lowest BCUT2D eigenvalue weighted by atomic mass is 10.1. The van der Waals surface area contributed by atoms with Crippen molar-refractivity contribution >= 4 is 6.29 Å². The van der Waals surface area contributed by atoms with Crippen LogP contribution in [-0.4, -0.2) is 15.8 Å². The van der Waals surface area contributed by atoms with Crippen molar-refractivity contribution in [2.45, 2.75) is 13.5 Å². The van der Waals surface area contributed by atoms with Crippen molar-refractivity contribution in [2.75, 3.05) is 0 Å². The molecule has 0 bridgehead atoms. The number of rotatable bonds is 3. The van der Waals surface area contributed by atoms with Gasteiger partial charge in [0.1, 0.15) is 5.69 Å². The molecular weight excluding hydrogens is 188 g/mol. The van der Waals surface area contributed by atoms with Crippen LogP contribution in [0, 0.1) is 6.92 Å². The Labute approximate surface area is 88.4 Å². The van der Waals surface area contributed by atoms with Gasteiger partial charge in [-0.25, -0.2) is 4.98 Å². The Kier molecular flexibility index (Phi) is 2.63. The van der Waals surface area contributed by atoms with E-state index in [9.17, 15) is 4.79 Å². The average molecular weight is 200 g/mol. The van der Waals surface area contributed by atoms with Gasteiger partial charge in [0.05, 0.1) is 12.5 Å². The maximum Gasteiger partial charge on any atom is 0.168 e. The smallest absolute Gasteiger partial charge is 0.168 e. The molecule has 15 heavy (non-hydrogen) atoms. The van der Waals surface area contributed by atoms with Gasteiger partial charge in [-0.3, -0.25) is 4.79 Å². The number of carbonyl (C=O) groups excluding carboxylic acids is 1. The highest BCUT2D eigenvalue weighted by atomic mass is 16.1. The Morgan fingerprint density at radius 3 is 3.07 bits per heavy atom. The number of hydrogen-bond acceptors (Lipinski definition) is 2. The van der Waals surface area contributed by atoms with Crippen molar-refractivity contribution < 1.29 is 4.79 Å². The van der Waals surface area contributed by atoms with Crippen molar-refractivity contribution in [3.8, 4) is 0 Å². The summed E-state index contributed by atoms with van der Waals surface area (Å²) in [7, 11) is 0. The van der Waals surface area contributed by atoms with Crippen LogP contribution in [-0.2, 0) is 6.54 Å². The van der Waals surface area contributed by atoms with E-state index in [1.807, 2.05) is 16.7 Å². The van der Waals surface area contributed by atoms with Gasteiger partial charge in [0.15, 0.2) is 6.29 Å². The normalized spacial score (nSPS) is 10.2. The fraction of sp³-hybridized carbons (Fsp3) is 0.167. The van der Waals surface area contributed by atoms with E-state index >= 15 is 0 Å². The van der Waals surface area contributed by atoms with Crippen LogP contribution in [0.1, 0.15) is 21.6 Å². The molecule has 0 aliphatic carbocycles. The average Bonchev–Trinajstić information content (AvgIpc) is 2.65. The third-order valence-electron chi connectivity index (χ3n) is 2.30. The van der Waals surface area contributed by atoms with Crippen LogP contribution >= 0.6 is 0 Å². The zero-order chi connectivity index (χ0) is 10.7. The van der Waals surface area contributed by atoms with Gasteiger partial charge in [-0.15, -0.1) is 0 Å². The fourth-order valence-electron chi connectivity index (χ4n) is 1.57. The highest BCUT2D eigenvalue weighted by Gasteiger charge is 2.01. The zero-order valence-corrected chi connectivity index (χ0v) is 8.55. The molecule has 0 spiro atoms. The Bertz CT molecular complexity index is 474. The number of carbonyl (C=O) groups is 1. The van der Waals surface area contributed by atoms with E-state index < -0.39 is 0 Å². The van der Waals surface area contributed by atoms with Crippen LogP contribution < -0.4 is 0 Å². The van der Waals surface area contributed by atoms with Crippen LogP contribution in [0.15, 0.2) is 36.8 Å². The molecular formula is C12H12N2O. The molecule has 0 fully saturated rings. The second kappa shape index (κ2) is 4.09. The predicted octanol–water partition coefficient (Wildman–Crippen LogP) is 2.05. The lowest BCUT2D eigenvalue weighted by Gasteiger charge is -2.05. The summed E-state index contributed by atoms with van der Waals surface area (Å²) in [6.45, 7) is 2.74. The molecule has 2 aromatic rings. The summed E-state index contributed by atoms with van der Waals surface area (Å²) in [5.74, 6) is 0. The van der Waals surface area contributed by atoms with E-state index in [0.29, 0.717) is 12.2 Å². The largest absolute Gasteiger partial charge is 0.324 e. The maximum atomic E-state index is 10.7. The highest BCUT2D eigenvalue weighted by molar-refractivity contribution is 5.71. The minimum atomic E-state index is 0.608. The summed E-state index contributed by atoms with van der Waals surface area (Å²) in [6, 6.07) is 8.22. The van der Waals surface area contributed by atoms with Gasteiger partial charge in [-0.1, -0.05) is 29.8 Å². The summed E-state index contributed by atoms with van der Waals surface area (Å²) in [5.41, 5.74) is 3.01. The molecule has 0 saturated heterocycles. The quantitative estimate of drug-likeness (QED) is 0.711. The van der Waals surface area contributed by atoms with Crippen LogP contribution in [0.2, 0.25) is 0 Å². The minimum absolute atomic E-state index is 0.608. The molecule has 3 heteroatoms. The van der Waals surface area contributed by atoms with E-state index in [4.69, 9.17) is 0 Å². The van der Waals surface area contributed by atoms with Gasteiger partial charge in [0.25, 0.3) is 0 Å². The first kappa shape index (κ1) is 9.65. The number of nitrogens with zero attached hydrogens (tertiary/aromatic N) is 2. The van der Waals surface area contributed by atoms with E-state index in [0.717, 1.165) is 6.29 Å². The number of aryl methyl sites for hydroxylation is 1. The summed E-state index contributed by atoms with van der Waals surface area (Å²) in [4.78, 5) is 14.6. The molecule has 3 nitrogen and oxygen atoms in total. The summed E-state index contributed by atoms with van der Waals surface area (Å²) < 4.78 is 1.84. The highest BCUT2D eigenvalue weighted by Crippen LogP contribution is 2.07. The second-order valence-electron chi connectivity index (χ2n) is 3.55. The van der Waals surface area contributed by atoms with Gasteiger partial charge < -0.3 is 4.57 Å². The summed E-state index contributed by atoms with van der Waals surface area (Å²) in [6.07, 6.45) is 4.07. The molecule has 1 heterocycles. The van der Waals surface area contributed by atoms with Gasteiger partial charge in [-0.2, -0.15) is 0 Å². The van der Waals surface area contributed by atoms with Crippen LogP contribution in [0.25, 0.3) is 0 Å². The first-order valence-corrected chi connectivity index (χ1v) is 4.80. The third-order valence-corrected chi connectivity index (χ3v) is 2.30. The molecule has 0 aliphatic rings. The Balaban J connectivity index is 2.25. The molecule has 76 valence electrons. The second-order valence-corrected chi connectivity index (χ2v) is 3.55. The summed E-state index contributed by atoms with van der Waals surface area (Å²) >= 11 is 0. The van der Waals surface area contributed by atoms with Gasteiger partial charge in [0.2, 0.25) is 0 Å². The van der Waals surface area contributed by atoms with Gasteiger partial charge in [0, 0.05) is 6.54 Å². The molecule has 0 aliphatic heterocycles. The molecule has 2 rings (SSSR count). The minimum Gasteiger partial charge on any atom is -0.324 e. The maximum absolute atomic E-state index is 10.7. The number of aromatic nitrogens is 2. The van der Waals surface area contributed by atoms with Crippen LogP contribution in [0.4, 0.5) is 0 Å². The lowest BCUT2D eigenvalue weighted by Crippen LogP contribution is -2.02. The topological polar surface area (TPSA) is 34.9 Å². The van der Waals surface area contributed by atoms with Crippen molar-refractivity contribution in [2.24, 2.45) is 0 Å². The molecule has 0 saturated carbocycles. The van der Waals surface area contributed by atoms with Crippen LogP contribution in [0.5, 0.6) is 0 Å². The molecule has 0 radical (unpaired) electrons. The number of benzene rings is 1. The molecule has 0 N–H and O–H groups in total. The number of aldehydes is 1. The Morgan fingerprint density at radius 2 is 2.33 bits per heavy atom. The van der Waals surface area contributed by atoms with Crippen molar-refractivity contribution in [1.29, 1.82) is 0 Å². The monoisotopic (exact) mass is 200 g/mol. The number of hydrogen-bond donors (Lipinski definition) is 0. The van der Waals surface area contributed by atoms with E-state index in [2.05, 4.69) is 24.0 Å². The standard InChI is InChI=1S/C12H12N2O/c1-10-3-2-4-11(5-10)7-14-9-13-6-12(14)8-15/h2-6,8-9H,7H2,1H3. The molecule has 1 aromatic heterocycles. The van der Waals surface area contributed by atoms with Crippen molar-refractivity contribution in [3.63, 3.8) is 0 Å². The first-order valence-electron chi connectivity index (χ1n) is 4.80. The lowest BCUT2D eigenvalue weighted by molar-refractivity contribution is 0.111. The van der Waals surface area contributed by atoms with Gasteiger partial charge >= 0.3 is 0 Å². The summed E-state index contributed by atoms with van der Waals surface area (Å²) in [5, 5.41) is 0. The number of imidazole rings is 1. The zero-order valence-electron chi connectivity index (χ0n) is 8.55. The van der Waals surface area contributed by atoms with Crippen molar-refractivity contribution in [1.82, 2.24) is 9.55 Å². The SMILES string of the molecule is Cc1cccc(Cn2cncc2C=O)c1. The first-order chi connectivity index (χ1) is 7.29. The molecule has 0 unspecified atom stereocenters. The Hall–Kier alpha value is -1.90. The van der Waals surface area contributed by atoms with E-state index in [1.54, 1.807) is 12.5 Å². The molecule has 0 amide bonds.